The first kappa shape index (κ1) is 15.8. The average Bonchev–Trinajstić information content (AvgIpc) is 2.67. The molecule has 0 unspecified atom stereocenters. The van der Waals surface area contributed by atoms with Crippen molar-refractivity contribution in [3.05, 3.63) is 88.5 Å². The second kappa shape index (κ2) is 5.98. The number of halogens is 1. The Labute approximate surface area is 152 Å². The van der Waals surface area contributed by atoms with Gasteiger partial charge in [0.2, 0.25) is 11.5 Å². The third kappa shape index (κ3) is 2.42. The monoisotopic (exact) mass is 396 g/mol. The summed E-state index contributed by atoms with van der Waals surface area (Å²) in [5, 5.41) is 11.2. The summed E-state index contributed by atoms with van der Waals surface area (Å²) in [7, 11) is 0. The highest BCUT2D eigenvalue weighted by molar-refractivity contribution is 9.10. The van der Waals surface area contributed by atoms with Crippen LogP contribution in [0.5, 0.6) is 5.88 Å². The lowest BCUT2D eigenvalue weighted by Gasteiger charge is -2.39. The Morgan fingerprint density at radius 3 is 2.12 bits per heavy atom. The normalized spacial score (nSPS) is 15.4. The Hall–Kier alpha value is -2.70. The number of nitrogens with zero attached hydrogens (tertiary/aromatic N) is 2. The summed E-state index contributed by atoms with van der Waals surface area (Å²) in [4.78, 5) is 17.5. The first-order valence-corrected chi connectivity index (χ1v) is 8.41. The van der Waals surface area contributed by atoms with Crippen molar-refractivity contribution in [3.63, 3.8) is 0 Å². The molecule has 124 valence electrons. The molecule has 0 spiro atoms. The minimum atomic E-state index is -1.51. The van der Waals surface area contributed by atoms with E-state index in [0.29, 0.717) is 20.7 Å². The van der Waals surface area contributed by atoms with E-state index in [4.69, 9.17) is 4.74 Å². The zero-order chi connectivity index (χ0) is 17.4. The summed E-state index contributed by atoms with van der Waals surface area (Å²) in [6.45, 7) is 0. The maximum Gasteiger partial charge on any atom is 0.304 e. The van der Waals surface area contributed by atoms with Gasteiger partial charge in [-0.2, -0.15) is 5.06 Å². The van der Waals surface area contributed by atoms with Crippen LogP contribution in [0, 0.1) is 0 Å². The summed E-state index contributed by atoms with van der Waals surface area (Å²) in [6.07, 6.45) is 1.56. The molecule has 25 heavy (non-hydrogen) atoms. The van der Waals surface area contributed by atoms with Gasteiger partial charge in [-0.15, -0.1) is 0 Å². The maximum atomic E-state index is 13.2. The number of ether oxygens (including phenoxy) is 1. The van der Waals surface area contributed by atoms with Gasteiger partial charge >= 0.3 is 5.91 Å². The van der Waals surface area contributed by atoms with Gasteiger partial charge in [0.25, 0.3) is 0 Å². The average molecular weight is 397 g/mol. The number of hydrogen-bond donors (Lipinski definition) is 1. The molecule has 1 aliphatic heterocycles. The first-order chi connectivity index (χ1) is 12.1. The molecule has 0 atom stereocenters. The molecule has 4 rings (SSSR count). The number of carbonyl (C=O) groups excluding carboxylic acids is 1. The van der Waals surface area contributed by atoms with Crippen molar-refractivity contribution in [3.8, 4) is 5.88 Å². The van der Waals surface area contributed by atoms with E-state index in [1.807, 2.05) is 36.4 Å². The second-order valence-corrected chi connectivity index (χ2v) is 6.53. The number of amides is 1. The summed E-state index contributed by atoms with van der Waals surface area (Å²) in [5.41, 5.74) is -0.0893. The van der Waals surface area contributed by atoms with Gasteiger partial charge in [0.15, 0.2) is 0 Å². The van der Waals surface area contributed by atoms with Gasteiger partial charge in [-0.25, -0.2) is 4.98 Å². The van der Waals surface area contributed by atoms with Crippen LogP contribution >= 0.6 is 15.9 Å². The first-order valence-electron chi connectivity index (χ1n) is 7.62. The molecule has 1 amide bonds. The second-order valence-electron chi connectivity index (χ2n) is 5.61. The fourth-order valence-electron chi connectivity index (χ4n) is 2.97. The van der Waals surface area contributed by atoms with E-state index in [1.165, 1.54) is 0 Å². The molecule has 0 saturated carbocycles. The van der Waals surface area contributed by atoms with Gasteiger partial charge in [0.05, 0.1) is 0 Å². The predicted molar refractivity (Wildman–Crippen MR) is 95.5 cm³/mol. The van der Waals surface area contributed by atoms with E-state index < -0.39 is 11.5 Å². The van der Waals surface area contributed by atoms with Crippen molar-refractivity contribution in [1.82, 2.24) is 4.98 Å². The van der Waals surface area contributed by atoms with E-state index >= 15 is 0 Å². The van der Waals surface area contributed by atoms with Gasteiger partial charge in [-0.05, 0) is 22.0 Å². The molecule has 0 radical (unpaired) electrons. The number of benzene rings is 2. The molecule has 1 aliphatic rings. The van der Waals surface area contributed by atoms with E-state index in [9.17, 15) is 10.0 Å². The number of fused-ring (bicyclic) bond motifs is 1. The number of rotatable bonds is 2. The van der Waals surface area contributed by atoms with E-state index in [1.54, 1.807) is 36.5 Å². The third-order valence-electron chi connectivity index (χ3n) is 4.13. The lowest BCUT2D eigenvalue weighted by Crippen LogP contribution is -2.53. The van der Waals surface area contributed by atoms with Crippen LogP contribution in [0.3, 0.4) is 0 Å². The van der Waals surface area contributed by atoms with Crippen LogP contribution in [-0.4, -0.2) is 16.1 Å². The lowest BCUT2D eigenvalue weighted by atomic mass is 9.84. The SMILES string of the molecule is O=C1N(O)c2cc(Br)cnc2OC1(c1ccccc1)c1ccccc1. The molecule has 6 heteroatoms. The molecular weight excluding hydrogens is 384 g/mol. The molecule has 1 N–H and O–H groups in total. The van der Waals surface area contributed by atoms with Crippen molar-refractivity contribution in [2.75, 3.05) is 5.06 Å². The Morgan fingerprint density at radius 1 is 1.00 bits per heavy atom. The van der Waals surface area contributed by atoms with Crippen molar-refractivity contribution >= 4 is 27.5 Å². The number of pyridine rings is 1. The minimum Gasteiger partial charge on any atom is -0.449 e. The lowest BCUT2D eigenvalue weighted by molar-refractivity contribution is -0.139. The van der Waals surface area contributed by atoms with Crippen LogP contribution in [0.4, 0.5) is 5.69 Å². The molecular formula is C19H13BrN2O3. The van der Waals surface area contributed by atoms with Crippen molar-refractivity contribution in [1.29, 1.82) is 0 Å². The summed E-state index contributed by atoms with van der Waals surface area (Å²) in [6, 6.07) is 19.8. The van der Waals surface area contributed by atoms with E-state index in [-0.39, 0.29) is 11.6 Å². The van der Waals surface area contributed by atoms with Gasteiger partial charge in [0, 0.05) is 21.8 Å². The number of hydrogen-bond acceptors (Lipinski definition) is 4. The fourth-order valence-corrected chi connectivity index (χ4v) is 3.29. The Morgan fingerprint density at radius 2 is 1.56 bits per heavy atom. The smallest absolute Gasteiger partial charge is 0.304 e. The minimum absolute atomic E-state index is 0.179. The summed E-state index contributed by atoms with van der Waals surface area (Å²) < 4.78 is 6.78. The molecule has 1 aromatic heterocycles. The van der Waals surface area contributed by atoms with Crippen molar-refractivity contribution in [2.45, 2.75) is 5.60 Å². The molecule has 0 saturated heterocycles. The van der Waals surface area contributed by atoms with Crippen LogP contribution < -0.4 is 9.80 Å². The third-order valence-corrected chi connectivity index (χ3v) is 4.56. The molecule has 2 aromatic carbocycles. The topological polar surface area (TPSA) is 62.7 Å². The Bertz CT molecular complexity index is 892. The highest BCUT2D eigenvalue weighted by Crippen LogP contribution is 2.44. The Balaban J connectivity index is 1.99. The summed E-state index contributed by atoms with van der Waals surface area (Å²) >= 11 is 3.29. The largest absolute Gasteiger partial charge is 0.449 e. The van der Waals surface area contributed by atoms with E-state index in [2.05, 4.69) is 20.9 Å². The van der Waals surface area contributed by atoms with Crippen molar-refractivity contribution in [2.24, 2.45) is 0 Å². The molecule has 3 aromatic rings. The van der Waals surface area contributed by atoms with E-state index in [0.717, 1.165) is 0 Å². The van der Waals surface area contributed by atoms with Crippen LogP contribution in [0.1, 0.15) is 11.1 Å². The Kier molecular flexibility index (Phi) is 3.78. The van der Waals surface area contributed by atoms with Crippen LogP contribution in [0.15, 0.2) is 77.4 Å². The maximum absolute atomic E-state index is 13.2. The van der Waals surface area contributed by atoms with Gasteiger partial charge in [0.1, 0.15) is 5.69 Å². The molecule has 0 aliphatic carbocycles. The number of anilines is 1. The van der Waals surface area contributed by atoms with Crippen LogP contribution in [-0.2, 0) is 10.4 Å². The van der Waals surface area contributed by atoms with Crippen LogP contribution in [0.25, 0.3) is 0 Å². The number of carbonyl (C=O) groups is 1. The standard InChI is InChI=1S/C19H13BrN2O3/c20-15-11-16-17(21-12-15)25-19(18(23)22(16)24,13-7-3-1-4-8-13)14-9-5-2-6-10-14/h1-12,24H. The predicted octanol–water partition coefficient (Wildman–Crippen LogP) is 3.90. The van der Waals surface area contributed by atoms with Crippen LogP contribution in [0.2, 0.25) is 0 Å². The van der Waals surface area contributed by atoms with Crippen molar-refractivity contribution < 1.29 is 14.7 Å². The molecule has 5 nitrogen and oxygen atoms in total. The fraction of sp³-hybridized carbons (Fsp3) is 0.0526. The quantitative estimate of drug-likeness (QED) is 0.667. The molecule has 0 bridgehead atoms. The molecule has 0 fully saturated rings. The molecule has 2 heterocycles. The van der Waals surface area contributed by atoms with Gasteiger partial charge in [-0.3, -0.25) is 10.0 Å². The van der Waals surface area contributed by atoms with Gasteiger partial charge in [-0.1, -0.05) is 60.7 Å². The summed E-state index contributed by atoms with van der Waals surface area (Å²) in [5.74, 6) is -0.421. The zero-order valence-electron chi connectivity index (χ0n) is 13.0. The van der Waals surface area contributed by atoms with Gasteiger partial charge < -0.3 is 4.74 Å². The number of hydroxylamine groups is 1. The highest BCUT2D eigenvalue weighted by Gasteiger charge is 2.52. The number of aromatic nitrogens is 1. The zero-order valence-corrected chi connectivity index (χ0v) is 14.6. The highest BCUT2D eigenvalue weighted by atomic mass is 79.9.